The van der Waals surface area contributed by atoms with Gasteiger partial charge >= 0.3 is 0 Å². The standard InChI is InChI=1S/C14H23N3O2/c1-5-8-16-14(15-2)17-10-11-6-7-12(18-3)9-13(11)19-4/h6-7,9H,5,8,10H2,1-4H3,(H2,15,16,17). The molecule has 5 heteroatoms. The first kappa shape index (κ1) is 15.1. The molecule has 0 saturated carbocycles. The first-order chi connectivity index (χ1) is 9.24. The average molecular weight is 265 g/mol. The van der Waals surface area contributed by atoms with Crippen molar-refractivity contribution in [3.05, 3.63) is 23.8 Å². The Bertz CT molecular complexity index is 419. The van der Waals surface area contributed by atoms with Gasteiger partial charge in [0.05, 0.1) is 14.2 Å². The van der Waals surface area contributed by atoms with E-state index in [-0.39, 0.29) is 0 Å². The summed E-state index contributed by atoms with van der Waals surface area (Å²) in [6, 6.07) is 5.78. The van der Waals surface area contributed by atoms with E-state index in [9.17, 15) is 0 Å². The molecule has 19 heavy (non-hydrogen) atoms. The second kappa shape index (κ2) is 8.24. The fourth-order valence-electron chi connectivity index (χ4n) is 1.64. The Hall–Kier alpha value is -1.91. The van der Waals surface area contributed by atoms with Crippen LogP contribution in [0.3, 0.4) is 0 Å². The molecule has 1 rings (SSSR count). The maximum Gasteiger partial charge on any atom is 0.191 e. The van der Waals surface area contributed by atoms with E-state index >= 15 is 0 Å². The van der Waals surface area contributed by atoms with Crippen molar-refractivity contribution in [2.24, 2.45) is 4.99 Å². The second-order valence-electron chi connectivity index (χ2n) is 4.03. The van der Waals surface area contributed by atoms with Crippen LogP contribution in [0, 0.1) is 0 Å². The van der Waals surface area contributed by atoms with E-state index in [1.807, 2.05) is 18.2 Å². The summed E-state index contributed by atoms with van der Waals surface area (Å²) in [6.45, 7) is 3.67. The first-order valence-electron chi connectivity index (χ1n) is 6.40. The summed E-state index contributed by atoms with van der Waals surface area (Å²) in [4.78, 5) is 4.16. The predicted molar refractivity (Wildman–Crippen MR) is 78.0 cm³/mol. The number of hydrogen-bond donors (Lipinski definition) is 2. The van der Waals surface area contributed by atoms with Crippen LogP contribution in [-0.4, -0.2) is 33.8 Å². The lowest BCUT2D eigenvalue weighted by atomic mass is 10.2. The highest BCUT2D eigenvalue weighted by Gasteiger charge is 2.05. The van der Waals surface area contributed by atoms with Gasteiger partial charge in [-0.15, -0.1) is 0 Å². The molecule has 0 aromatic heterocycles. The van der Waals surface area contributed by atoms with Crippen molar-refractivity contribution in [1.29, 1.82) is 0 Å². The van der Waals surface area contributed by atoms with Gasteiger partial charge in [0.15, 0.2) is 5.96 Å². The minimum atomic E-state index is 0.649. The van der Waals surface area contributed by atoms with Crippen molar-refractivity contribution in [3.63, 3.8) is 0 Å². The second-order valence-corrected chi connectivity index (χ2v) is 4.03. The molecule has 0 atom stereocenters. The zero-order valence-corrected chi connectivity index (χ0v) is 12.1. The Morgan fingerprint density at radius 1 is 1.21 bits per heavy atom. The van der Waals surface area contributed by atoms with Gasteiger partial charge < -0.3 is 20.1 Å². The monoisotopic (exact) mass is 265 g/mol. The molecule has 0 fully saturated rings. The lowest BCUT2D eigenvalue weighted by molar-refractivity contribution is 0.390. The number of rotatable bonds is 6. The number of guanidine groups is 1. The van der Waals surface area contributed by atoms with Crippen LogP contribution in [0.2, 0.25) is 0 Å². The predicted octanol–water partition coefficient (Wildman–Crippen LogP) is 1.78. The van der Waals surface area contributed by atoms with E-state index in [0.29, 0.717) is 6.54 Å². The minimum Gasteiger partial charge on any atom is -0.497 e. The molecule has 1 aromatic carbocycles. The molecule has 0 radical (unpaired) electrons. The van der Waals surface area contributed by atoms with Gasteiger partial charge in [0, 0.05) is 31.8 Å². The van der Waals surface area contributed by atoms with Crippen molar-refractivity contribution in [3.8, 4) is 11.5 Å². The van der Waals surface area contributed by atoms with E-state index in [0.717, 1.165) is 36.0 Å². The largest absolute Gasteiger partial charge is 0.497 e. The van der Waals surface area contributed by atoms with Crippen LogP contribution in [0.4, 0.5) is 0 Å². The van der Waals surface area contributed by atoms with Gasteiger partial charge in [-0.05, 0) is 18.6 Å². The van der Waals surface area contributed by atoms with E-state index in [1.54, 1.807) is 21.3 Å². The Morgan fingerprint density at radius 2 is 2.00 bits per heavy atom. The van der Waals surface area contributed by atoms with E-state index in [2.05, 4.69) is 22.5 Å². The molecule has 0 spiro atoms. The van der Waals surface area contributed by atoms with Crippen LogP contribution < -0.4 is 20.1 Å². The van der Waals surface area contributed by atoms with Gasteiger partial charge in [0.25, 0.3) is 0 Å². The Kier molecular flexibility index (Phi) is 6.57. The zero-order chi connectivity index (χ0) is 14.1. The molecule has 0 aliphatic heterocycles. The number of aliphatic imine (C=N–C) groups is 1. The summed E-state index contributed by atoms with van der Waals surface area (Å²) in [6.07, 6.45) is 1.06. The molecule has 0 amide bonds. The van der Waals surface area contributed by atoms with Crippen molar-refractivity contribution in [2.45, 2.75) is 19.9 Å². The topological polar surface area (TPSA) is 54.9 Å². The highest BCUT2D eigenvalue weighted by molar-refractivity contribution is 5.79. The van der Waals surface area contributed by atoms with E-state index in [1.165, 1.54) is 0 Å². The molecule has 0 aliphatic rings. The molecular weight excluding hydrogens is 242 g/mol. The number of nitrogens with one attached hydrogen (secondary N) is 2. The first-order valence-corrected chi connectivity index (χ1v) is 6.40. The van der Waals surface area contributed by atoms with Gasteiger partial charge in [-0.3, -0.25) is 4.99 Å². The number of hydrogen-bond acceptors (Lipinski definition) is 3. The van der Waals surface area contributed by atoms with Crippen LogP contribution in [0.5, 0.6) is 11.5 Å². The van der Waals surface area contributed by atoms with Crippen LogP contribution in [0.25, 0.3) is 0 Å². The van der Waals surface area contributed by atoms with Crippen LogP contribution in [0.1, 0.15) is 18.9 Å². The lowest BCUT2D eigenvalue weighted by Gasteiger charge is -2.14. The quantitative estimate of drug-likeness (QED) is 0.608. The third-order valence-corrected chi connectivity index (χ3v) is 2.71. The van der Waals surface area contributed by atoms with Crippen molar-refractivity contribution in [2.75, 3.05) is 27.8 Å². The van der Waals surface area contributed by atoms with Crippen molar-refractivity contribution in [1.82, 2.24) is 10.6 Å². The van der Waals surface area contributed by atoms with Gasteiger partial charge in [-0.1, -0.05) is 6.92 Å². The summed E-state index contributed by atoms with van der Waals surface area (Å²) in [5.41, 5.74) is 1.06. The van der Waals surface area contributed by atoms with Crippen LogP contribution in [-0.2, 0) is 6.54 Å². The Morgan fingerprint density at radius 3 is 2.58 bits per heavy atom. The average Bonchev–Trinajstić information content (AvgIpc) is 2.47. The maximum atomic E-state index is 5.35. The van der Waals surface area contributed by atoms with E-state index in [4.69, 9.17) is 9.47 Å². The van der Waals surface area contributed by atoms with Crippen LogP contribution in [0.15, 0.2) is 23.2 Å². The summed E-state index contributed by atoms with van der Waals surface area (Å²) in [5.74, 6) is 2.38. The molecule has 0 unspecified atom stereocenters. The summed E-state index contributed by atoms with van der Waals surface area (Å²) in [5, 5.41) is 6.47. The van der Waals surface area contributed by atoms with Crippen molar-refractivity contribution < 1.29 is 9.47 Å². The fourth-order valence-corrected chi connectivity index (χ4v) is 1.64. The molecule has 0 aliphatic carbocycles. The number of methoxy groups -OCH3 is 2. The molecule has 0 heterocycles. The minimum absolute atomic E-state index is 0.649. The van der Waals surface area contributed by atoms with Gasteiger partial charge in [0.2, 0.25) is 0 Å². The van der Waals surface area contributed by atoms with Gasteiger partial charge in [-0.2, -0.15) is 0 Å². The SMILES string of the molecule is CCCNC(=NC)NCc1ccc(OC)cc1OC. The fraction of sp³-hybridized carbons (Fsp3) is 0.500. The maximum absolute atomic E-state index is 5.35. The Balaban J connectivity index is 2.66. The summed E-state index contributed by atoms with van der Waals surface area (Å²) in [7, 11) is 5.06. The third-order valence-electron chi connectivity index (χ3n) is 2.71. The van der Waals surface area contributed by atoms with Crippen molar-refractivity contribution >= 4 is 5.96 Å². The molecule has 0 bridgehead atoms. The number of ether oxygens (including phenoxy) is 2. The zero-order valence-electron chi connectivity index (χ0n) is 12.1. The smallest absolute Gasteiger partial charge is 0.191 e. The number of benzene rings is 1. The summed E-state index contributed by atoms with van der Waals surface area (Å²) < 4.78 is 10.5. The lowest BCUT2D eigenvalue weighted by Crippen LogP contribution is -2.37. The highest BCUT2D eigenvalue weighted by atomic mass is 16.5. The third kappa shape index (κ3) is 4.69. The molecule has 0 saturated heterocycles. The summed E-state index contributed by atoms with van der Waals surface area (Å²) >= 11 is 0. The van der Waals surface area contributed by atoms with Gasteiger partial charge in [0.1, 0.15) is 11.5 Å². The molecule has 2 N–H and O–H groups in total. The normalized spacial score (nSPS) is 11.1. The Labute approximate surface area is 115 Å². The van der Waals surface area contributed by atoms with E-state index < -0.39 is 0 Å². The molecule has 5 nitrogen and oxygen atoms in total. The molecule has 1 aromatic rings. The van der Waals surface area contributed by atoms with Gasteiger partial charge in [-0.25, -0.2) is 0 Å². The number of nitrogens with zero attached hydrogens (tertiary/aromatic N) is 1. The molecular formula is C14H23N3O2. The molecule has 106 valence electrons. The van der Waals surface area contributed by atoms with Crippen LogP contribution >= 0.6 is 0 Å². The highest BCUT2D eigenvalue weighted by Crippen LogP contribution is 2.24.